The van der Waals surface area contributed by atoms with Crippen LogP contribution in [0.4, 0.5) is 33.5 Å². The summed E-state index contributed by atoms with van der Waals surface area (Å²) in [7, 11) is 0. The van der Waals surface area contributed by atoms with Crippen LogP contribution < -0.4 is 15.8 Å². The Bertz CT molecular complexity index is 1850. The minimum absolute atomic E-state index is 0.0480. The Labute approximate surface area is 234 Å². The van der Waals surface area contributed by atoms with Gasteiger partial charge in [0.15, 0.2) is 28.9 Å². The number of benzene rings is 2. The number of alkyl halides is 3. The van der Waals surface area contributed by atoms with E-state index < -0.39 is 40.8 Å². The van der Waals surface area contributed by atoms with E-state index in [1.165, 1.54) is 24.4 Å². The van der Waals surface area contributed by atoms with Crippen molar-refractivity contribution >= 4 is 17.4 Å². The number of carbonyl (C=O) groups excluding carboxylic acids is 1. The van der Waals surface area contributed by atoms with Crippen LogP contribution in [-0.4, -0.2) is 25.7 Å². The summed E-state index contributed by atoms with van der Waals surface area (Å²) in [6.07, 6.45) is -2.07. The van der Waals surface area contributed by atoms with Crippen molar-refractivity contribution < 1.29 is 31.5 Å². The number of amides is 1. The molecule has 8 nitrogen and oxygen atoms in total. The highest BCUT2D eigenvalue weighted by atomic mass is 19.4. The van der Waals surface area contributed by atoms with E-state index in [9.17, 15) is 22.4 Å². The molecule has 0 aliphatic carbocycles. The first-order chi connectivity index (χ1) is 20.1. The van der Waals surface area contributed by atoms with Gasteiger partial charge in [-0.1, -0.05) is 30.0 Å². The Morgan fingerprint density at radius 3 is 2.40 bits per heavy atom. The minimum atomic E-state index is -5.11. The number of aromatic nitrogens is 4. The van der Waals surface area contributed by atoms with Gasteiger partial charge in [-0.05, 0) is 36.4 Å². The lowest BCUT2D eigenvalue weighted by Gasteiger charge is -2.13. The number of anilines is 2. The Kier molecular flexibility index (Phi) is 7.53. The molecule has 13 heteroatoms. The number of rotatable bonds is 5. The summed E-state index contributed by atoms with van der Waals surface area (Å²) in [6.45, 7) is 0. The first-order valence-corrected chi connectivity index (χ1v) is 12.0. The summed E-state index contributed by atoms with van der Waals surface area (Å²) in [6, 6.07) is 15.8. The molecule has 0 saturated carbocycles. The van der Waals surface area contributed by atoms with E-state index in [2.05, 4.69) is 32.2 Å². The molecule has 42 heavy (non-hydrogen) atoms. The Morgan fingerprint density at radius 1 is 0.905 bits per heavy atom. The molecule has 0 radical (unpaired) electrons. The molecule has 0 bridgehead atoms. The van der Waals surface area contributed by atoms with Crippen LogP contribution in [0.15, 0.2) is 85.3 Å². The van der Waals surface area contributed by atoms with Crippen molar-refractivity contribution in [2.24, 2.45) is 0 Å². The van der Waals surface area contributed by atoms with Gasteiger partial charge in [-0.15, -0.1) is 0 Å². The van der Waals surface area contributed by atoms with Gasteiger partial charge >= 0.3 is 6.18 Å². The molecule has 1 amide bonds. The number of nitrogen functional groups attached to an aromatic ring is 1. The van der Waals surface area contributed by atoms with E-state index in [4.69, 9.17) is 10.5 Å². The molecule has 2 aromatic carbocycles. The average Bonchev–Trinajstić information content (AvgIpc) is 3.41. The maximum absolute atomic E-state index is 15.0. The lowest BCUT2D eigenvalue weighted by atomic mass is 10.2. The first kappa shape index (κ1) is 27.8. The standard InChI is InChI=1S/C29H17F5N6O2/c30-21-7-4-13-37-27(21)40-25(29(32,33)34)20(16-38-40)28(41)39-18-9-11-24(22(31)15-18)42-23-12-14-36-26(35)19(23)10-8-17-5-2-1-3-6-17/h1-7,9,11-16H,(H2,35,36)(H,39,41). The number of nitrogens with two attached hydrogens (primary N) is 1. The maximum atomic E-state index is 15.0. The highest BCUT2D eigenvalue weighted by Crippen LogP contribution is 2.35. The summed E-state index contributed by atoms with van der Waals surface area (Å²) < 4.78 is 76.7. The molecule has 0 spiro atoms. The van der Waals surface area contributed by atoms with Gasteiger partial charge in [0.1, 0.15) is 17.1 Å². The zero-order valence-corrected chi connectivity index (χ0v) is 21.2. The molecule has 5 rings (SSSR count). The van der Waals surface area contributed by atoms with Crippen LogP contribution in [0.1, 0.15) is 27.2 Å². The van der Waals surface area contributed by atoms with E-state index in [1.54, 1.807) is 24.3 Å². The van der Waals surface area contributed by atoms with Gasteiger partial charge in [0.2, 0.25) is 0 Å². The van der Waals surface area contributed by atoms with Crippen LogP contribution in [0, 0.1) is 23.5 Å². The number of halogens is 5. The smallest absolute Gasteiger partial charge is 0.434 e. The van der Waals surface area contributed by atoms with Gasteiger partial charge < -0.3 is 15.8 Å². The second-order valence-electron chi connectivity index (χ2n) is 8.51. The van der Waals surface area contributed by atoms with Gasteiger partial charge in [-0.3, -0.25) is 4.79 Å². The highest BCUT2D eigenvalue weighted by Gasteiger charge is 2.41. The van der Waals surface area contributed by atoms with Crippen LogP contribution >= 0.6 is 0 Å². The number of nitrogens with zero attached hydrogens (tertiary/aromatic N) is 4. The zero-order valence-electron chi connectivity index (χ0n) is 21.2. The van der Waals surface area contributed by atoms with E-state index in [0.717, 1.165) is 24.4 Å². The molecule has 3 N–H and O–H groups in total. The van der Waals surface area contributed by atoms with Gasteiger partial charge in [0.05, 0.1) is 11.8 Å². The van der Waals surface area contributed by atoms with Crippen molar-refractivity contribution in [1.82, 2.24) is 19.7 Å². The average molecular weight is 576 g/mol. The fourth-order valence-corrected chi connectivity index (χ4v) is 3.79. The van der Waals surface area contributed by atoms with E-state index in [0.29, 0.717) is 11.8 Å². The Hall–Kier alpha value is -5.77. The van der Waals surface area contributed by atoms with Gasteiger partial charge in [-0.25, -0.2) is 23.4 Å². The third kappa shape index (κ3) is 5.87. The summed E-state index contributed by atoms with van der Waals surface area (Å²) in [5, 5.41) is 5.70. The topological polar surface area (TPSA) is 108 Å². The second-order valence-corrected chi connectivity index (χ2v) is 8.51. The van der Waals surface area contributed by atoms with Crippen molar-refractivity contribution in [2.45, 2.75) is 6.18 Å². The van der Waals surface area contributed by atoms with Gasteiger partial charge in [-0.2, -0.15) is 18.3 Å². The SMILES string of the molecule is Nc1nccc(Oc2ccc(NC(=O)c3cnn(-c4ncccc4F)c3C(F)(F)F)cc2F)c1C#Cc1ccccc1. The van der Waals surface area contributed by atoms with Crippen molar-refractivity contribution in [3.05, 3.63) is 119 Å². The molecule has 0 aliphatic rings. The summed E-state index contributed by atoms with van der Waals surface area (Å²) in [4.78, 5) is 20.4. The monoisotopic (exact) mass is 576 g/mol. The predicted octanol–water partition coefficient (Wildman–Crippen LogP) is 5.99. The first-order valence-electron chi connectivity index (χ1n) is 12.0. The number of ether oxygens (including phenoxy) is 1. The predicted molar refractivity (Wildman–Crippen MR) is 142 cm³/mol. The fraction of sp³-hybridized carbons (Fsp3) is 0.0345. The molecule has 0 fully saturated rings. The van der Waals surface area contributed by atoms with Crippen LogP contribution in [0.25, 0.3) is 5.82 Å². The third-order valence-electron chi connectivity index (χ3n) is 5.68. The highest BCUT2D eigenvalue weighted by molar-refractivity contribution is 6.05. The quantitative estimate of drug-likeness (QED) is 0.197. The van der Waals surface area contributed by atoms with Crippen molar-refractivity contribution in [2.75, 3.05) is 11.1 Å². The normalized spacial score (nSPS) is 11.0. The molecule has 0 saturated heterocycles. The van der Waals surface area contributed by atoms with E-state index >= 15 is 4.39 Å². The molecule has 3 heterocycles. The summed E-state index contributed by atoms with van der Waals surface area (Å²) >= 11 is 0. The van der Waals surface area contributed by atoms with E-state index in [-0.39, 0.29) is 33.2 Å². The number of hydrogen-bond donors (Lipinski definition) is 2. The molecular formula is C29H17F5N6O2. The van der Waals surface area contributed by atoms with Crippen LogP contribution in [0.3, 0.4) is 0 Å². The fourth-order valence-electron chi connectivity index (χ4n) is 3.79. The van der Waals surface area contributed by atoms with Crippen molar-refractivity contribution in [1.29, 1.82) is 0 Å². The molecule has 0 atom stereocenters. The zero-order chi connectivity index (χ0) is 29.9. The van der Waals surface area contributed by atoms with Crippen LogP contribution in [0.5, 0.6) is 11.5 Å². The van der Waals surface area contributed by atoms with Gasteiger partial charge in [0.25, 0.3) is 5.91 Å². The molecule has 3 aromatic heterocycles. The summed E-state index contributed by atoms with van der Waals surface area (Å²) in [5.41, 5.74) is 4.19. The maximum Gasteiger partial charge on any atom is 0.434 e. The molecular weight excluding hydrogens is 559 g/mol. The number of pyridine rings is 2. The lowest BCUT2D eigenvalue weighted by molar-refractivity contribution is -0.143. The summed E-state index contributed by atoms with van der Waals surface area (Å²) in [5.74, 6) is 1.59. The van der Waals surface area contributed by atoms with Crippen molar-refractivity contribution in [3.8, 4) is 29.2 Å². The van der Waals surface area contributed by atoms with E-state index in [1.807, 2.05) is 6.07 Å². The molecule has 5 aromatic rings. The molecule has 210 valence electrons. The third-order valence-corrected chi connectivity index (χ3v) is 5.68. The number of hydrogen-bond acceptors (Lipinski definition) is 6. The largest absolute Gasteiger partial charge is 0.453 e. The molecule has 0 aliphatic heterocycles. The van der Waals surface area contributed by atoms with Crippen LogP contribution in [0.2, 0.25) is 0 Å². The van der Waals surface area contributed by atoms with Gasteiger partial charge in [0, 0.05) is 35.8 Å². The van der Waals surface area contributed by atoms with Crippen molar-refractivity contribution in [3.63, 3.8) is 0 Å². The lowest BCUT2D eigenvalue weighted by Crippen LogP contribution is -2.21. The minimum Gasteiger partial charge on any atom is -0.453 e. The van der Waals surface area contributed by atoms with Crippen LogP contribution in [-0.2, 0) is 6.18 Å². The Morgan fingerprint density at radius 2 is 1.69 bits per heavy atom. The number of nitrogens with one attached hydrogen (secondary N) is 1. The molecule has 0 unspecified atom stereocenters. The Balaban J connectivity index is 1.39. The second kappa shape index (κ2) is 11.4. The number of carbonyl (C=O) groups is 1.